The van der Waals surface area contributed by atoms with Crippen molar-refractivity contribution in [2.45, 2.75) is 26.7 Å². The normalized spacial score (nSPS) is 11.2. The van der Waals surface area contributed by atoms with E-state index in [1.54, 1.807) is 0 Å². The predicted octanol–water partition coefficient (Wildman–Crippen LogP) is 4.68. The van der Waals surface area contributed by atoms with Gasteiger partial charge in [0.2, 0.25) is 0 Å². The molecule has 0 saturated heterocycles. The van der Waals surface area contributed by atoms with Gasteiger partial charge >= 0.3 is 0 Å². The number of imidazole rings is 1. The molecule has 0 bridgehead atoms. The maximum atomic E-state index is 5.96. The number of benzene rings is 2. The Labute approximate surface area is 130 Å². The second kappa shape index (κ2) is 5.90. The Morgan fingerprint density at radius 1 is 1.10 bits per heavy atom. The molecule has 0 aliphatic carbocycles. The van der Waals surface area contributed by atoms with Crippen molar-refractivity contribution in [2.75, 3.05) is 5.88 Å². The molecule has 0 spiro atoms. The predicted molar refractivity (Wildman–Crippen MR) is 89.6 cm³/mol. The first kappa shape index (κ1) is 14.2. The lowest BCUT2D eigenvalue weighted by atomic mass is 10.1. The van der Waals surface area contributed by atoms with Crippen molar-refractivity contribution in [3.63, 3.8) is 0 Å². The van der Waals surface area contributed by atoms with Crippen LogP contribution >= 0.6 is 11.6 Å². The lowest BCUT2D eigenvalue weighted by Gasteiger charge is -2.10. The number of halogens is 1. The third kappa shape index (κ3) is 2.56. The maximum Gasteiger partial charge on any atom is 0.115 e. The standard InChI is InChI=1S/C18H19ClN2/c1-3-14-7-9-15(10-8-14)21-17(11-12-19)20-16-6-4-5-13(2)18(16)21/h4-10H,3,11-12H2,1-2H3. The highest BCUT2D eigenvalue weighted by atomic mass is 35.5. The van der Waals surface area contributed by atoms with Gasteiger partial charge in [0.1, 0.15) is 5.82 Å². The van der Waals surface area contributed by atoms with E-state index in [9.17, 15) is 0 Å². The molecule has 3 heteroatoms. The Bertz CT molecular complexity index is 757. The van der Waals surface area contributed by atoms with Crippen LogP contribution < -0.4 is 0 Å². The summed E-state index contributed by atoms with van der Waals surface area (Å²) in [7, 11) is 0. The van der Waals surface area contributed by atoms with Crippen LogP contribution in [0.2, 0.25) is 0 Å². The van der Waals surface area contributed by atoms with E-state index in [0.717, 1.165) is 29.9 Å². The average molecular weight is 299 g/mol. The molecule has 21 heavy (non-hydrogen) atoms. The molecular weight excluding hydrogens is 280 g/mol. The summed E-state index contributed by atoms with van der Waals surface area (Å²) in [4.78, 5) is 4.76. The van der Waals surface area contributed by atoms with Gasteiger partial charge < -0.3 is 0 Å². The first-order chi connectivity index (χ1) is 10.2. The van der Waals surface area contributed by atoms with Gasteiger partial charge in [0.05, 0.1) is 11.0 Å². The maximum absolute atomic E-state index is 5.96. The van der Waals surface area contributed by atoms with Crippen molar-refractivity contribution < 1.29 is 0 Å². The Morgan fingerprint density at radius 2 is 1.86 bits per heavy atom. The molecule has 0 N–H and O–H groups in total. The Kier molecular flexibility index (Phi) is 3.98. The summed E-state index contributed by atoms with van der Waals surface area (Å²) in [6.07, 6.45) is 1.82. The zero-order valence-electron chi connectivity index (χ0n) is 12.4. The molecule has 0 aliphatic rings. The number of nitrogens with zero attached hydrogens (tertiary/aromatic N) is 2. The number of fused-ring (bicyclic) bond motifs is 1. The van der Waals surface area contributed by atoms with Crippen molar-refractivity contribution >= 4 is 22.6 Å². The first-order valence-electron chi connectivity index (χ1n) is 7.36. The van der Waals surface area contributed by atoms with Gasteiger partial charge in [0.15, 0.2) is 0 Å². The van der Waals surface area contributed by atoms with Crippen LogP contribution in [0.1, 0.15) is 23.9 Å². The van der Waals surface area contributed by atoms with Gasteiger partial charge in [0, 0.05) is 18.0 Å². The van der Waals surface area contributed by atoms with Crippen LogP contribution in [0.25, 0.3) is 16.7 Å². The third-order valence-electron chi connectivity index (χ3n) is 3.87. The summed E-state index contributed by atoms with van der Waals surface area (Å²) in [6.45, 7) is 4.30. The van der Waals surface area contributed by atoms with Crippen molar-refractivity contribution in [3.05, 3.63) is 59.4 Å². The second-order valence-electron chi connectivity index (χ2n) is 5.27. The lowest BCUT2D eigenvalue weighted by Crippen LogP contribution is -2.03. The van der Waals surface area contributed by atoms with Gasteiger partial charge in [-0.1, -0.05) is 31.2 Å². The highest BCUT2D eigenvalue weighted by molar-refractivity contribution is 6.17. The van der Waals surface area contributed by atoms with Crippen LogP contribution in [0.15, 0.2) is 42.5 Å². The number of aryl methyl sites for hydroxylation is 3. The largest absolute Gasteiger partial charge is 0.296 e. The highest BCUT2D eigenvalue weighted by Gasteiger charge is 2.13. The van der Waals surface area contributed by atoms with E-state index in [2.05, 4.69) is 60.9 Å². The Hall–Kier alpha value is -1.80. The molecule has 0 amide bonds. The molecule has 1 aromatic heterocycles. The van der Waals surface area contributed by atoms with E-state index in [-0.39, 0.29) is 0 Å². The fourth-order valence-electron chi connectivity index (χ4n) is 2.75. The zero-order chi connectivity index (χ0) is 14.8. The summed E-state index contributed by atoms with van der Waals surface area (Å²) in [5.74, 6) is 1.61. The van der Waals surface area contributed by atoms with Crippen LogP contribution in [0, 0.1) is 6.92 Å². The van der Waals surface area contributed by atoms with Crippen molar-refractivity contribution in [1.29, 1.82) is 0 Å². The Morgan fingerprint density at radius 3 is 2.52 bits per heavy atom. The molecule has 0 aliphatic heterocycles. The fourth-order valence-corrected chi connectivity index (χ4v) is 2.92. The summed E-state index contributed by atoms with van der Waals surface area (Å²) >= 11 is 5.96. The van der Waals surface area contributed by atoms with Gasteiger partial charge in [-0.3, -0.25) is 4.57 Å². The number of alkyl halides is 1. The molecule has 0 radical (unpaired) electrons. The quantitative estimate of drug-likeness (QED) is 0.640. The summed E-state index contributed by atoms with van der Waals surface area (Å²) in [5, 5.41) is 0. The molecule has 2 nitrogen and oxygen atoms in total. The van der Waals surface area contributed by atoms with Crippen LogP contribution in [0.5, 0.6) is 0 Å². The minimum Gasteiger partial charge on any atom is -0.296 e. The molecular formula is C18H19ClN2. The molecule has 2 aromatic carbocycles. The van der Waals surface area contributed by atoms with Gasteiger partial charge in [-0.05, 0) is 42.7 Å². The number of para-hydroxylation sites is 1. The minimum atomic E-state index is 0.579. The lowest BCUT2D eigenvalue weighted by molar-refractivity contribution is 0.909. The molecule has 0 unspecified atom stereocenters. The summed E-state index contributed by atoms with van der Waals surface area (Å²) in [6, 6.07) is 15.0. The zero-order valence-corrected chi connectivity index (χ0v) is 13.2. The molecule has 0 saturated carbocycles. The third-order valence-corrected chi connectivity index (χ3v) is 4.06. The van der Waals surface area contributed by atoms with E-state index in [1.165, 1.54) is 16.6 Å². The number of rotatable bonds is 4. The number of aromatic nitrogens is 2. The number of hydrogen-bond acceptors (Lipinski definition) is 1. The topological polar surface area (TPSA) is 17.8 Å². The summed E-state index contributed by atoms with van der Waals surface area (Å²) in [5.41, 5.74) is 5.96. The second-order valence-corrected chi connectivity index (χ2v) is 5.64. The van der Waals surface area contributed by atoms with E-state index in [4.69, 9.17) is 16.6 Å². The Balaban J connectivity index is 2.24. The van der Waals surface area contributed by atoms with E-state index in [1.807, 2.05) is 0 Å². The molecule has 108 valence electrons. The van der Waals surface area contributed by atoms with Crippen LogP contribution in [-0.4, -0.2) is 15.4 Å². The number of hydrogen-bond donors (Lipinski definition) is 0. The fraction of sp³-hybridized carbons (Fsp3) is 0.278. The molecule has 3 aromatic rings. The van der Waals surface area contributed by atoms with Crippen LogP contribution in [-0.2, 0) is 12.8 Å². The van der Waals surface area contributed by atoms with Gasteiger partial charge in [-0.15, -0.1) is 11.6 Å². The van der Waals surface area contributed by atoms with Gasteiger partial charge in [-0.25, -0.2) is 4.98 Å². The first-order valence-corrected chi connectivity index (χ1v) is 7.90. The van der Waals surface area contributed by atoms with Gasteiger partial charge in [-0.2, -0.15) is 0 Å². The smallest absolute Gasteiger partial charge is 0.115 e. The molecule has 3 rings (SSSR count). The molecule has 0 fully saturated rings. The minimum absolute atomic E-state index is 0.579. The monoisotopic (exact) mass is 298 g/mol. The van der Waals surface area contributed by atoms with E-state index in [0.29, 0.717) is 5.88 Å². The SMILES string of the molecule is CCc1ccc(-n2c(CCCl)nc3cccc(C)c32)cc1. The van der Waals surface area contributed by atoms with Crippen molar-refractivity contribution in [1.82, 2.24) is 9.55 Å². The van der Waals surface area contributed by atoms with Crippen LogP contribution in [0.4, 0.5) is 0 Å². The molecule has 1 heterocycles. The van der Waals surface area contributed by atoms with Crippen molar-refractivity contribution in [3.8, 4) is 5.69 Å². The highest BCUT2D eigenvalue weighted by Crippen LogP contribution is 2.25. The average Bonchev–Trinajstić information content (AvgIpc) is 2.87. The molecule has 0 atom stereocenters. The van der Waals surface area contributed by atoms with Gasteiger partial charge in [0.25, 0.3) is 0 Å². The van der Waals surface area contributed by atoms with Crippen LogP contribution in [0.3, 0.4) is 0 Å². The van der Waals surface area contributed by atoms with Crippen molar-refractivity contribution in [2.24, 2.45) is 0 Å². The van der Waals surface area contributed by atoms with E-state index >= 15 is 0 Å². The van der Waals surface area contributed by atoms with E-state index < -0.39 is 0 Å². The summed E-state index contributed by atoms with van der Waals surface area (Å²) < 4.78 is 2.24.